The number of fused-ring (bicyclic) bond motifs is 1. The zero-order valence-electron chi connectivity index (χ0n) is 15.8. The van der Waals surface area contributed by atoms with Gasteiger partial charge in [-0.3, -0.25) is 14.2 Å². The zero-order chi connectivity index (χ0) is 20.7. The first-order valence-electron chi connectivity index (χ1n) is 9.55. The second-order valence-corrected chi connectivity index (χ2v) is 7.80. The highest BCUT2D eigenvalue weighted by atomic mass is 35.5. The fourth-order valence-electron chi connectivity index (χ4n) is 3.72. The number of rotatable bonds is 4. The molecule has 0 unspecified atom stereocenters. The average molecular weight is 425 g/mol. The Kier molecular flexibility index (Phi) is 4.80. The number of benzene rings is 1. The summed E-state index contributed by atoms with van der Waals surface area (Å²) in [6.07, 6.45) is 5.16. The zero-order valence-corrected chi connectivity index (χ0v) is 16.6. The van der Waals surface area contributed by atoms with Crippen LogP contribution in [0.3, 0.4) is 0 Å². The molecule has 1 fully saturated rings. The van der Waals surface area contributed by atoms with Gasteiger partial charge < -0.3 is 9.26 Å². The molecule has 1 saturated heterocycles. The van der Waals surface area contributed by atoms with Crippen molar-refractivity contribution in [2.24, 2.45) is 0 Å². The molecule has 30 heavy (non-hydrogen) atoms. The molecule has 3 aromatic rings. The maximum absolute atomic E-state index is 12.7. The molecule has 0 bridgehead atoms. The van der Waals surface area contributed by atoms with Crippen molar-refractivity contribution in [3.05, 3.63) is 80.6 Å². The lowest BCUT2D eigenvalue weighted by Gasteiger charge is -2.10. The first-order valence-corrected chi connectivity index (χ1v) is 9.93. The van der Waals surface area contributed by atoms with E-state index in [9.17, 15) is 9.59 Å². The summed E-state index contributed by atoms with van der Waals surface area (Å²) in [6, 6.07) is 7.59. The normalized spacial score (nSPS) is 20.5. The highest BCUT2D eigenvalue weighted by Crippen LogP contribution is 2.37. The van der Waals surface area contributed by atoms with Gasteiger partial charge in [0.1, 0.15) is 6.54 Å². The number of hydrogen-bond donors (Lipinski definition) is 0. The minimum Gasteiger partial charge on any atom is -0.373 e. The van der Waals surface area contributed by atoms with E-state index in [0.29, 0.717) is 34.6 Å². The van der Waals surface area contributed by atoms with Gasteiger partial charge in [0.25, 0.3) is 5.56 Å². The highest BCUT2D eigenvalue weighted by Gasteiger charge is 2.31. The van der Waals surface area contributed by atoms with Crippen molar-refractivity contribution in [2.45, 2.75) is 31.4 Å². The van der Waals surface area contributed by atoms with Crippen LogP contribution in [0.15, 0.2) is 46.0 Å². The Labute approximate surface area is 176 Å². The smallest absolute Gasteiger partial charge is 0.261 e. The van der Waals surface area contributed by atoms with Gasteiger partial charge in [0, 0.05) is 10.9 Å². The van der Waals surface area contributed by atoms with Crippen molar-refractivity contribution in [2.75, 3.05) is 6.61 Å². The Morgan fingerprint density at radius 3 is 2.83 bits per heavy atom. The monoisotopic (exact) mass is 424 g/mol. The van der Waals surface area contributed by atoms with Gasteiger partial charge in [0.05, 0.1) is 36.7 Å². The van der Waals surface area contributed by atoms with Crippen LogP contribution in [0.2, 0.25) is 5.02 Å². The van der Waals surface area contributed by atoms with Crippen molar-refractivity contribution in [1.29, 1.82) is 0 Å². The van der Waals surface area contributed by atoms with Crippen LogP contribution < -0.4 is 5.56 Å². The number of allylic oxidation sites excluding steroid dienone is 1. The molecule has 0 spiro atoms. The first-order chi connectivity index (χ1) is 14.6. The first kappa shape index (κ1) is 18.9. The van der Waals surface area contributed by atoms with Gasteiger partial charge in [-0.25, -0.2) is 4.98 Å². The third-order valence-electron chi connectivity index (χ3n) is 5.33. The molecule has 1 aromatic carbocycles. The Morgan fingerprint density at radius 1 is 1.17 bits per heavy atom. The standard InChI is InChI=1S/C21H17ClN4O4/c22-14-3-1-12(2-4-14)18-7-13(10-29-18)20-24-19(30-25-20)9-26-11-23-17-8-15(27)5-6-16(17)21(26)28/h1-6,11,13,18H,7-10H2/t13-,18+/m0/s1. The van der Waals surface area contributed by atoms with E-state index in [2.05, 4.69) is 15.1 Å². The van der Waals surface area contributed by atoms with Crippen molar-refractivity contribution in [1.82, 2.24) is 19.7 Å². The molecular formula is C21H17ClN4O4. The van der Waals surface area contributed by atoms with E-state index in [1.807, 2.05) is 24.3 Å². The molecule has 2 aromatic heterocycles. The summed E-state index contributed by atoms with van der Waals surface area (Å²) in [7, 11) is 0. The Bertz CT molecular complexity index is 1200. The van der Waals surface area contributed by atoms with E-state index < -0.39 is 0 Å². The summed E-state index contributed by atoms with van der Waals surface area (Å²) in [6.45, 7) is 0.605. The second-order valence-electron chi connectivity index (χ2n) is 7.37. The molecule has 0 radical (unpaired) electrons. The summed E-state index contributed by atoms with van der Waals surface area (Å²) < 4.78 is 12.7. The van der Waals surface area contributed by atoms with Crippen LogP contribution in [0.1, 0.15) is 47.0 Å². The molecule has 8 nitrogen and oxygen atoms in total. The van der Waals surface area contributed by atoms with Crippen molar-refractivity contribution < 1.29 is 14.1 Å². The average Bonchev–Trinajstić information content (AvgIpc) is 3.40. The maximum Gasteiger partial charge on any atom is 0.261 e. The molecule has 2 aliphatic rings. The molecule has 9 heteroatoms. The molecule has 0 amide bonds. The lowest BCUT2D eigenvalue weighted by molar-refractivity contribution is -0.114. The number of nitrogens with zero attached hydrogens (tertiary/aromatic N) is 4. The van der Waals surface area contributed by atoms with E-state index in [1.54, 1.807) is 0 Å². The SMILES string of the molecule is O=C1C=Cc2c(ncn(Cc3nc([C@@H]4CO[C@@H](c5ccc(Cl)cc5)C4)no3)c2=O)C1. The number of aromatic nitrogens is 4. The minimum atomic E-state index is -0.240. The lowest BCUT2D eigenvalue weighted by atomic mass is 10.0. The summed E-state index contributed by atoms with van der Waals surface area (Å²) in [5.41, 5.74) is 1.73. The van der Waals surface area contributed by atoms with Crippen LogP contribution in [0.5, 0.6) is 0 Å². The van der Waals surface area contributed by atoms with E-state index in [4.69, 9.17) is 20.9 Å². The van der Waals surface area contributed by atoms with Crippen molar-refractivity contribution >= 4 is 23.5 Å². The fourth-order valence-corrected chi connectivity index (χ4v) is 3.85. The summed E-state index contributed by atoms with van der Waals surface area (Å²) in [4.78, 5) is 32.8. The van der Waals surface area contributed by atoms with Gasteiger partial charge in [-0.2, -0.15) is 4.98 Å². The predicted octanol–water partition coefficient (Wildman–Crippen LogP) is 2.71. The molecule has 0 saturated carbocycles. The van der Waals surface area contributed by atoms with Crippen molar-refractivity contribution in [3.63, 3.8) is 0 Å². The molecule has 152 valence electrons. The Balaban J connectivity index is 1.30. The molecule has 1 aliphatic carbocycles. The molecule has 0 N–H and O–H groups in total. The van der Waals surface area contributed by atoms with E-state index in [0.717, 1.165) is 12.0 Å². The summed E-state index contributed by atoms with van der Waals surface area (Å²) >= 11 is 5.95. The van der Waals surface area contributed by atoms with Crippen molar-refractivity contribution in [3.8, 4) is 0 Å². The molecule has 1 aliphatic heterocycles. The molecular weight excluding hydrogens is 408 g/mol. The van der Waals surface area contributed by atoms with Crippen LogP contribution in [0, 0.1) is 0 Å². The van der Waals surface area contributed by atoms with Crippen LogP contribution in [-0.4, -0.2) is 32.1 Å². The summed E-state index contributed by atoms with van der Waals surface area (Å²) in [5.74, 6) is 0.825. The van der Waals surface area contributed by atoms with Crippen LogP contribution in [0.25, 0.3) is 6.08 Å². The molecule has 5 rings (SSSR count). The fraction of sp³-hybridized carbons (Fsp3) is 0.286. The highest BCUT2D eigenvalue weighted by molar-refractivity contribution is 6.30. The number of carbonyl (C=O) groups is 1. The van der Waals surface area contributed by atoms with E-state index in [-0.39, 0.29) is 36.3 Å². The van der Waals surface area contributed by atoms with E-state index in [1.165, 1.54) is 23.0 Å². The van der Waals surface area contributed by atoms with Gasteiger partial charge in [0.2, 0.25) is 5.89 Å². The van der Waals surface area contributed by atoms with Gasteiger partial charge in [-0.15, -0.1) is 0 Å². The number of halogens is 1. The van der Waals surface area contributed by atoms with Crippen LogP contribution >= 0.6 is 11.6 Å². The predicted molar refractivity (Wildman–Crippen MR) is 107 cm³/mol. The van der Waals surface area contributed by atoms with Gasteiger partial charge in [0.15, 0.2) is 11.6 Å². The third kappa shape index (κ3) is 3.59. The lowest BCUT2D eigenvalue weighted by Crippen LogP contribution is -2.27. The largest absolute Gasteiger partial charge is 0.373 e. The number of hydrogen-bond acceptors (Lipinski definition) is 7. The number of carbonyl (C=O) groups excluding carboxylic acids is 1. The number of ketones is 1. The van der Waals surface area contributed by atoms with Crippen LogP contribution in [-0.2, 0) is 22.5 Å². The minimum absolute atomic E-state index is 0.00973. The molecule has 3 heterocycles. The molecule has 2 atom stereocenters. The van der Waals surface area contributed by atoms with Gasteiger partial charge in [-0.05, 0) is 36.3 Å². The van der Waals surface area contributed by atoms with Gasteiger partial charge in [-0.1, -0.05) is 28.9 Å². The van der Waals surface area contributed by atoms with Gasteiger partial charge >= 0.3 is 0 Å². The Hall–Kier alpha value is -3.10. The number of ether oxygens (including phenoxy) is 1. The topological polar surface area (TPSA) is 100 Å². The maximum atomic E-state index is 12.7. The quantitative estimate of drug-likeness (QED) is 0.634. The third-order valence-corrected chi connectivity index (χ3v) is 5.58. The summed E-state index contributed by atoms with van der Waals surface area (Å²) in [5, 5.41) is 4.77. The second kappa shape index (κ2) is 7.62. The van der Waals surface area contributed by atoms with E-state index >= 15 is 0 Å². The van der Waals surface area contributed by atoms with Crippen LogP contribution in [0.4, 0.5) is 0 Å². The Morgan fingerprint density at radius 2 is 2.00 bits per heavy atom.